The average Bonchev–Trinajstić information content (AvgIpc) is 3.05. The van der Waals surface area contributed by atoms with Crippen LogP contribution < -0.4 is 10.5 Å². The van der Waals surface area contributed by atoms with Crippen LogP contribution in [0.5, 0.6) is 11.5 Å². The van der Waals surface area contributed by atoms with E-state index in [1.165, 1.54) is 12.5 Å². The first-order chi connectivity index (χ1) is 14.1. The van der Waals surface area contributed by atoms with Gasteiger partial charge in [-0.2, -0.15) is 0 Å². The topological polar surface area (TPSA) is 65.4 Å². The number of nitrogens with zero attached hydrogens (tertiary/aromatic N) is 3. The number of anilines is 1. The lowest BCUT2D eigenvalue weighted by molar-refractivity contribution is 0.400. The van der Waals surface area contributed by atoms with Crippen LogP contribution in [0, 0.1) is 5.82 Å². The first kappa shape index (κ1) is 17.9. The van der Waals surface area contributed by atoms with Gasteiger partial charge in [-0.05, 0) is 37.1 Å². The van der Waals surface area contributed by atoms with Crippen molar-refractivity contribution in [3.05, 3.63) is 71.5 Å². The molecule has 2 aromatic heterocycles. The Kier molecular flexibility index (Phi) is 4.36. The Balaban J connectivity index is 1.62. The molecule has 29 heavy (non-hydrogen) atoms. The summed E-state index contributed by atoms with van der Waals surface area (Å²) in [5, 5.41) is 0.164. The van der Waals surface area contributed by atoms with Gasteiger partial charge in [-0.3, -0.25) is 4.40 Å². The molecule has 0 unspecified atom stereocenters. The molecular weight excluding hydrogens is 391 g/mol. The zero-order chi connectivity index (χ0) is 20.0. The molecule has 5 rings (SSSR count). The molecule has 1 aliphatic rings. The van der Waals surface area contributed by atoms with Crippen molar-refractivity contribution in [2.75, 3.05) is 5.73 Å². The summed E-state index contributed by atoms with van der Waals surface area (Å²) in [6, 6.07) is 12.0. The summed E-state index contributed by atoms with van der Waals surface area (Å²) in [5.41, 5.74) is 7.93. The Labute approximate surface area is 171 Å². The largest absolute Gasteiger partial charge is 0.453 e. The van der Waals surface area contributed by atoms with Crippen LogP contribution in [0.4, 0.5) is 10.2 Å². The van der Waals surface area contributed by atoms with Gasteiger partial charge >= 0.3 is 0 Å². The molecule has 0 amide bonds. The predicted octanol–water partition coefficient (Wildman–Crippen LogP) is 5.83. The second-order valence-corrected chi connectivity index (χ2v) is 7.57. The summed E-state index contributed by atoms with van der Waals surface area (Å²) < 4.78 is 22.5. The number of hydrogen-bond acceptors (Lipinski definition) is 4. The minimum atomic E-state index is -0.565. The Morgan fingerprint density at radius 1 is 1.17 bits per heavy atom. The van der Waals surface area contributed by atoms with Gasteiger partial charge in [0.2, 0.25) is 0 Å². The average molecular weight is 409 g/mol. The van der Waals surface area contributed by atoms with Gasteiger partial charge in [0.15, 0.2) is 11.6 Å². The monoisotopic (exact) mass is 408 g/mol. The lowest BCUT2D eigenvalue weighted by Gasteiger charge is -2.23. The van der Waals surface area contributed by atoms with E-state index in [1.54, 1.807) is 24.4 Å². The molecule has 0 bridgehead atoms. The zero-order valence-electron chi connectivity index (χ0n) is 15.5. The van der Waals surface area contributed by atoms with E-state index in [2.05, 4.69) is 4.98 Å². The highest BCUT2D eigenvalue weighted by atomic mass is 35.5. The number of rotatable bonds is 4. The fourth-order valence-electron chi connectivity index (χ4n) is 3.64. The van der Waals surface area contributed by atoms with Crippen molar-refractivity contribution in [3.8, 4) is 22.8 Å². The molecule has 2 heterocycles. The van der Waals surface area contributed by atoms with E-state index in [9.17, 15) is 4.39 Å². The van der Waals surface area contributed by atoms with Gasteiger partial charge < -0.3 is 10.5 Å². The van der Waals surface area contributed by atoms with Crippen LogP contribution in [-0.4, -0.2) is 14.4 Å². The molecule has 5 nitrogen and oxygen atoms in total. The van der Waals surface area contributed by atoms with E-state index in [0.29, 0.717) is 34.3 Å². The molecular formula is C22H18ClFN4O. The lowest BCUT2D eigenvalue weighted by Crippen LogP contribution is -2.12. The minimum absolute atomic E-state index is 0.0181. The first-order valence-corrected chi connectivity index (χ1v) is 9.84. The van der Waals surface area contributed by atoms with Crippen LogP contribution in [0.1, 0.15) is 31.0 Å². The van der Waals surface area contributed by atoms with Crippen LogP contribution in [0.15, 0.2) is 54.9 Å². The SMILES string of the molecule is Nc1nccn2c(C3CCC3)nc(-c3cc(F)c(Oc4ccccc4)c(Cl)c3)c12. The number of aromatic nitrogens is 3. The zero-order valence-corrected chi connectivity index (χ0v) is 16.2. The Morgan fingerprint density at radius 2 is 1.97 bits per heavy atom. The van der Waals surface area contributed by atoms with Crippen molar-refractivity contribution in [1.29, 1.82) is 0 Å². The molecule has 1 aliphatic carbocycles. The van der Waals surface area contributed by atoms with Gasteiger partial charge in [-0.1, -0.05) is 36.2 Å². The molecule has 0 aliphatic heterocycles. The Bertz CT molecular complexity index is 1180. The maximum absolute atomic E-state index is 14.9. The second-order valence-electron chi connectivity index (χ2n) is 7.16. The number of imidazole rings is 1. The lowest BCUT2D eigenvalue weighted by atomic mass is 9.85. The number of fused-ring (bicyclic) bond motifs is 1. The van der Waals surface area contributed by atoms with Crippen molar-refractivity contribution in [3.63, 3.8) is 0 Å². The third kappa shape index (κ3) is 3.09. The van der Waals surface area contributed by atoms with Gasteiger partial charge in [0.1, 0.15) is 28.6 Å². The van der Waals surface area contributed by atoms with Gasteiger partial charge in [0.05, 0.1) is 5.02 Å². The fraction of sp³-hybridized carbons (Fsp3) is 0.182. The van der Waals surface area contributed by atoms with Crippen LogP contribution in [0.3, 0.4) is 0 Å². The molecule has 1 saturated carbocycles. The number of halogens is 2. The van der Waals surface area contributed by atoms with Gasteiger partial charge in [-0.15, -0.1) is 0 Å². The number of hydrogen-bond donors (Lipinski definition) is 1. The van der Waals surface area contributed by atoms with E-state index in [4.69, 9.17) is 27.1 Å². The van der Waals surface area contributed by atoms with E-state index in [1.807, 2.05) is 28.8 Å². The highest BCUT2D eigenvalue weighted by Crippen LogP contribution is 2.41. The minimum Gasteiger partial charge on any atom is -0.453 e. The molecule has 2 N–H and O–H groups in total. The van der Waals surface area contributed by atoms with Crippen molar-refractivity contribution in [2.45, 2.75) is 25.2 Å². The molecule has 1 fully saturated rings. The van der Waals surface area contributed by atoms with Crippen molar-refractivity contribution < 1.29 is 9.13 Å². The third-order valence-electron chi connectivity index (χ3n) is 5.32. The molecule has 0 spiro atoms. The Morgan fingerprint density at radius 3 is 2.66 bits per heavy atom. The number of benzene rings is 2. The van der Waals surface area contributed by atoms with Crippen molar-refractivity contribution in [2.24, 2.45) is 0 Å². The fourth-order valence-corrected chi connectivity index (χ4v) is 3.89. The summed E-state index contributed by atoms with van der Waals surface area (Å²) in [6.07, 6.45) is 6.85. The quantitative estimate of drug-likeness (QED) is 0.461. The number of nitrogens with two attached hydrogens (primary N) is 1. The normalized spacial score (nSPS) is 14.1. The van der Waals surface area contributed by atoms with E-state index in [-0.39, 0.29) is 10.8 Å². The standard InChI is InChI=1S/C22H18ClFN4O/c23-16-11-14(12-17(24)20(16)29-15-7-2-1-3-8-15)18-19-21(25)26-9-10-28(19)22(27-18)13-5-4-6-13/h1-3,7-13H,4-6H2,(H2,25,26). The number of ether oxygens (including phenoxy) is 1. The van der Waals surface area contributed by atoms with E-state index in [0.717, 1.165) is 18.7 Å². The smallest absolute Gasteiger partial charge is 0.181 e. The summed E-state index contributed by atoms with van der Waals surface area (Å²) in [4.78, 5) is 9.01. The van der Waals surface area contributed by atoms with Crippen molar-refractivity contribution >= 4 is 22.9 Å². The van der Waals surface area contributed by atoms with E-state index < -0.39 is 5.82 Å². The number of para-hydroxylation sites is 1. The third-order valence-corrected chi connectivity index (χ3v) is 5.60. The van der Waals surface area contributed by atoms with Crippen LogP contribution in [0.2, 0.25) is 5.02 Å². The molecule has 0 radical (unpaired) electrons. The van der Waals surface area contributed by atoms with Gasteiger partial charge in [0.25, 0.3) is 0 Å². The molecule has 2 aromatic carbocycles. The molecule has 146 valence electrons. The summed E-state index contributed by atoms with van der Waals surface area (Å²) >= 11 is 6.39. The highest BCUT2D eigenvalue weighted by Gasteiger charge is 2.27. The maximum Gasteiger partial charge on any atom is 0.181 e. The summed E-state index contributed by atoms with van der Waals surface area (Å²) in [7, 11) is 0. The molecule has 0 atom stereocenters. The van der Waals surface area contributed by atoms with Gasteiger partial charge in [-0.25, -0.2) is 14.4 Å². The summed E-state index contributed by atoms with van der Waals surface area (Å²) in [6.45, 7) is 0. The first-order valence-electron chi connectivity index (χ1n) is 9.46. The number of nitrogen functional groups attached to an aromatic ring is 1. The van der Waals surface area contributed by atoms with Gasteiger partial charge in [0, 0.05) is 23.9 Å². The maximum atomic E-state index is 14.9. The highest BCUT2D eigenvalue weighted by molar-refractivity contribution is 6.32. The van der Waals surface area contributed by atoms with Crippen molar-refractivity contribution in [1.82, 2.24) is 14.4 Å². The predicted molar refractivity (Wildman–Crippen MR) is 111 cm³/mol. The van der Waals surface area contributed by atoms with E-state index >= 15 is 0 Å². The van der Waals surface area contributed by atoms with Crippen LogP contribution >= 0.6 is 11.6 Å². The Hall–Kier alpha value is -3.12. The molecule has 0 saturated heterocycles. The van der Waals surface area contributed by atoms with Crippen LogP contribution in [0.25, 0.3) is 16.8 Å². The second kappa shape index (κ2) is 7.04. The molecule has 7 heteroatoms. The van der Waals surface area contributed by atoms with Crippen LogP contribution in [-0.2, 0) is 0 Å². The summed E-state index contributed by atoms with van der Waals surface area (Å²) in [5.74, 6) is 1.58. The molecule has 4 aromatic rings.